The Hall–Kier alpha value is -1.69. The van der Waals surface area contributed by atoms with E-state index in [0.29, 0.717) is 17.9 Å². The number of nitrogens with zero attached hydrogens (tertiary/aromatic N) is 3. The van der Waals surface area contributed by atoms with Crippen molar-refractivity contribution in [1.29, 1.82) is 0 Å². The Morgan fingerprint density at radius 2 is 2.22 bits per heavy atom. The number of hydrogen-bond acceptors (Lipinski definition) is 3. The van der Waals surface area contributed by atoms with E-state index < -0.39 is 5.54 Å². The second-order valence-corrected chi connectivity index (χ2v) is 7.60. The number of aliphatic imine (C=N–C) groups is 1. The first-order valence-corrected chi connectivity index (χ1v) is 8.61. The first-order chi connectivity index (χ1) is 11.0. The van der Waals surface area contributed by atoms with Crippen LogP contribution < -0.4 is 5.73 Å². The van der Waals surface area contributed by atoms with E-state index in [1.165, 1.54) is 18.9 Å². The number of rotatable bonds is 3. The zero-order valence-corrected chi connectivity index (χ0v) is 14.5. The van der Waals surface area contributed by atoms with Crippen molar-refractivity contribution < 1.29 is 4.39 Å². The molecule has 2 heterocycles. The van der Waals surface area contributed by atoms with Gasteiger partial charge in [-0.3, -0.25) is 4.99 Å². The number of imidazole rings is 1. The fraction of sp³-hybridized carbons (Fsp3) is 0.412. The Kier molecular flexibility index (Phi) is 3.34. The molecular formula is C17H18BrFN4. The van der Waals surface area contributed by atoms with Crippen molar-refractivity contribution in [2.45, 2.75) is 38.3 Å². The first kappa shape index (κ1) is 14.9. The van der Waals surface area contributed by atoms with Gasteiger partial charge in [-0.05, 0) is 43.9 Å². The van der Waals surface area contributed by atoms with Crippen LogP contribution in [0, 0.1) is 11.7 Å². The lowest BCUT2D eigenvalue weighted by Gasteiger charge is -2.32. The number of aromatic nitrogens is 2. The molecule has 120 valence electrons. The van der Waals surface area contributed by atoms with Gasteiger partial charge in [-0.25, -0.2) is 9.37 Å². The Labute approximate surface area is 142 Å². The Bertz CT molecular complexity index is 809. The van der Waals surface area contributed by atoms with Crippen LogP contribution in [0.25, 0.3) is 0 Å². The first-order valence-electron chi connectivity index (χ1n) is 7.82. The highest BCUT2D eigenvalue weighted by atomic mass is 79.9. The van der Waals surface area contributed by atoms with Gasteiger partial charge in [-0.2, -0.15) is 0 Å². The molecule has 0 bridgehead atoms. The predicted octanol–water partition coefficient (Wildman–Crippen LogP) is 3.37. The summed E-state index contributed by atoms with van der Waals surface area (Å²) in [6, 6.07) is 4.94. The Morgan fingerprint density at radius 1 is 1.43 bits per heavy atom. The van der Waals surface area contributed by atoms with Crippen LogP contribution in [0.15, 0.2) is 33.9 Å². The summed E-state index contributed by atoms with van der Waals surface area (Å²) < 4.78 is 17.3. The number of halogens is 2. The molecule has 4 rings (SSSR count). The number of hydrogen-bond donors (Lipinski definition) is 1. The summed E-state index contributed by atoms with van der Waals surface area (Å²) in [5.74, 6) is 1.92. The maximum atomic E-state index is 14.4. The van der Waals surface area contributed by atoms with Gasteiger partial charge in [0.15, 0.2) is 0 Å². The summed E-state index contributed by atoms with van der Waals surface area (Å²) in [4.78, 5) is 9.14. The normalized spacial score (nSPS) is 23.5. The molecule has 2 N–H and O–H groups in total. The molecule has 0 spiro atoms. The third kappa shape index (κ3) is 2.59. The zero-order chi connectivity index (χ0) is 16.2. The third-order valence-electron chi connectivity index (χ3n) is 4.71. The van der Waals surface area contributed by atoms with Gasteiger partial charge in [-0.1, -0.05) is 15.9 Å². The van der Waals surface area contributed by atoms with E-state index in [1.807, 2.05) is 6.92 Å². The van der Waals surface area contributed by atoms with Crippen LogP contribution >= 0.6 is 15.9 Å². The molecule has 1 saturated carbocycles. The van der Waals surface area contributed by atoms with Gasteiger partial charge < -0.3 is 10.3 Å². The van der Waals surface area contributed by atoms with Gasteiger partial charge in [0.05, 0.1) is 12.7 Å². The maximum absolute atomic E-state index is 14.4. The highest BCUT2D eigenvalue weighted by Gasteiger charge is 2.36. The molecule has 0 amide bonds. The van der Waals surface area contributed by atoms with Crippen molar-refractivity contribution in [2.75, 3.05) is 0 Å². The average molecular weight is 377 g/mol. The summed E-state index contributed by atoms with van der Waals surface area (Å²) in [6.45, 7) is 2.48. The smallest absolute Gasteiger partial charge is 0.145 e. The Morgan fingerprint density at radius 3 is 2.96 bits per heavy atom. The van der Waals surface area contributed by atoms with E-state index in [1.54, 1.807) is 18.3 Å². The minimum atomic E-state index is -0.732. The molecule has 1 aliphatic heterocycles. The number of benzene rings is 1. The molecule has 0 radical (unpaired) electrons. The topological polar surface area (TPSA) is 56.2 Å². The summed E-state index contributed by atoms with van der Waals surface area (Å²) in [5, 5.41) is 0. The molecule has 4 nitrogen and oxygen atoms in total. The number of amidine groups is 1. The van der Waals surface area contributed by atoms with Crippen molar-refractivity contribution >= 4 is 21.8 Å². The van der Waals surface area contributed by atoms with Crippen molar-refractivity contribution in [3.8, 4) is 0 Å². The molecule has 1 unspecified atom stereocenters. The summed E-state index contributed by atoms with van der Waals surface area (Å²) in [5.41, 5.74) is 6.82. The lowest BCUT2D eigenvalue weighted by Crippen LogP contribution is -2.38. The van der Waals surface area contributed by atoms with Crippen molar-refractivity contribution in [3.63, 3.8) is 0 Å². The largest absolute Gasteiger partial charge is 0.382 e. The van der Waals surface area contributed by atoms with Gasteiger partial charge in [0.2, 0.25) is 0 Å². The monoisotopic (exact) mass is 376 g/mol. The lowest BCUT2D eigenvalue weighted by molar-refractivity contribution is 0.376. The predicted molar refractivity (Wildman–Crippen MR) is 90.8 cm³/mol. The molecule has 1 aromatic carbocycles. The quantitative estimate of drug-likeness (QED) is 0.892. The van der Waals surface area contributed by atoms with E-state index in [2.05, 4.69) is 30.5 Å². The molecular weight excluding hydrogens is 359 g/mol. The molecule has 1 atom stereocenters. The minimum absolute atomic E-state index is 0.264. The molecule has 6 heteroatoms. The molecule has 0 saturated heterocycles. The van der Waals surface area contributed by atoms with E-state index in [4.69, 9.17) is 5.73 Å². The maximum Gasteiger partial charge on any atom is 0.145 e. The molecule has 23 heavy (non-hydrogen) atoms. The van der Waals surface area contributed by atoms with Crippen LogP contribution in [0.1, 0.15) is 36.8 Å². The van der Waals surface area contributed by atoms with Gasteiger partial charge in [-0.15, -0.1) is 0 Å². The second kappa shape index (κ2) is 5.16. The van der Waals surface area contributed by atoms with Gasteiger partial charge in [0.1, 0.15) is 28.7 Å². The molecule has 1 fully saturated rings. The van der Waals surface area contributed by atoms with E-state index in [0.717, 1.165) is 28.3 Å². The van der Waals surface area contributed by atoms with Crippen molar-refractivity contribution in [3.05, 3.63) is 51.8 Å². The van der Waals surface area contributed by atoms with Gasteiger partial charge >= 0.3 is 0 Å². The SMILES string of the molecule is CC1(c2cc(Br)ccc2F)Cn2c(cnc2CC2CC2)C(N)=N1. The number of fused-ring (bicyclic) bond motifs is 1. The molecule has 1 aliphatic carbocycles. The van der Waals surface area contributed by atoms with Crippen LogP contribution in [0.2, 0.25) is 0 Å². The summed E-state index contributed by atoms with van der Waals surface area (Å²) in [6.07, 6.45) is 5.28. The van der Waals surface area contributed by atoms with E-state index in [9.17, 15) is 4.39 Å². The van der Waals surface area contributed by atoms with Crippen molar-refractivity contribution in [2.24, 2.45) is 16.6 Å². The number of nitrogens with two attached hydrogens (primary N) is 1. The zero-order valence-electron chi connectivity index (χ0n) is 12.9. The van der Waals surface area contributed by atoms with E-state index >= 15 is 0 Å². The summed E-state index contributed by atoms with van der Waals surface area (Å²) >= 11 is 3.42. The summed E-state index contributed by atoms with van der Waals surface area (Å²) in [7, 11) is 0. The van der Waals surface area contributed by atoms with Gasteiger partial charge in [0, 0.05) is 16.5 Å². The molecule has 2 aliphatic rings. The molecule has 2 aromatic rings. The lowest BCUT2D eigenvalue weighted by atomic mass is 9.90. The fourth-order valence-corrected chi connectivity index (χ4v) is 3.62. The third-order valence-corrected chi connectivity index (χ3v) is 5.20. The van der Waals surface area contributed by atoms with E-state index in [-0.39, 0.29) is 5.82 Å². The fourth-order valence-electron chi connectivity index (χ4n) is 3.26. The highest BCUT2D eigenvalue weighted by Crippen LogP contribution is 2.37. The van der Waals surface area contributed by atoms with Gasteiger partial charge in [0.25, 0.3) is 0 Å². The second-order valence-electron chi connectivity index (χ2n) is 6.69. The van der Waals surface area contributed by atoms with Crippen molar-refractivity contribution in [1.82, 2.24) is 9.55 Å². The minimum Gasteiger partial charge on any atom is -0.382 e. The molecule has 1 aromatic heterocycles. The standard InChI is InChI=1S/C17H18BrFN4/c1-17(12-7-11(18)4-5-13(12)19)9-23-14(16(20)22-17)8-21-15(23)6-10-2-3-10/h4-5,7-8,10H,2-3,6,9H2,1H3,(H2,20,22). The van der Waals surface area contributed by atoms with Crippen LogP contribution in [0.3, 0.4) is 0 Å². The van der Waals surface area contributed by atoms with Crippen LogP contribution in [-0.4, -0.2) is 15.4 Å². The van der Waals surface area contributed by atoms with Crippen LogP contribution in [-0.2, 0) is 18.5 Å². The highest BCUT2D eigenvalue weighted by molar-refractivity contribution is 9.10. The van der Waals surface area contributed by atoms with Crippen LogP contribution in [0.4, 0.5) is 4.39 Å². The van der Waals surface area contributed by atoms with Crippen LogP contribution in [0.5, 0.6) is 0 Å². The Balaban J connectivity index is 1.78. The average Bonchev–Trinajstić information content (AvgIpc) is 3.22.